The first kappa shape index (κ1) is 22.4. The van der Waals surface area contributed by atoms with E-state index in [4.69, 9.17) is 0 Å². The molecule has 0 unspecified atom stereocenters. The summed E-state index contributed by atoms with van der Waals surface area (Å²) in [5, 5.41) is 10.6. The van der Waals surface area contributed by atoms with Crippen molar-refractivity contribution in [3.63, 3.8) is 0 Å². The summed E-state index contributed by atoms with van der Waals surface area (Å²) in [6, 6.07) is 10.1. The van der Waals surface area contributed by atoms with Crippen molar-refractivity contribution in [3.05, 3.63) is 53.9 Å². The molecule has 0 fully saturated rings. The van der Waals surface area contributed by atoms with Crippen LogP contribution >= 0.6 is 24.0 Å². The zero-order valence-electron chi connectivity index (χ0n) is 15.1. The number of hydrogen-bond acceptors (Lipinski definition) is 4. The van der Waals surface area contributed by atoms with E-state index >= 15 is 0 Å². The maximum absolute atomic E-state index is 11.1. The first-order valence-electron chi connectivity index (χ1n) is 8.14. The molecular weight excluding hydrogens is 465 g/mol. The molecule has 9 heteroatoms. The van der Waals surface area contributed by atoms with Gasteiger partial charge in [0.2, 0.25) is 0 Å². The molecule has 0 atom stereocenters. The number of hydrogen-bond donors (Lipinski definition) is 2. The van der Waals surface area contributed by atoms with Gasteiger partial charge in [0.05, 0.1) is 12.3 Å². The van der Waals surface area contributed by atoms with E-state index in [-0.39, 0.29) is 29.7 Å². The van der Waals surface area contributed by atoms with Gasteiger partial charge in [0, 0.05) is 38.8 Å². The molecule has 2 rings (SSSR count). The highest BCUT2D eigenvalue weighted by molar-refractivity contribution is 14.0. The summed E-state index contributed by atoms with van der Waals surface area (Å²) in [5.74, 6) is 0.825. The molecule has 0 saturated carbocycles. The Morgan fingerprint density at radius 2 is 1.92 bits per heavy atom. The largest absolute Gasteiger partial charge is 0.356 e. The normalized spacial score (nSPS) is 11.7. The van der Waals surface area contributed by atoms with Crippen LogP contribution in [0.4, 0.5) is 0 Å². The number of nitrogens with zero attached hydrogens (tertiary/aromatic N) is 3. The second-order valence-corrected chi connectivity index (χ2v) is 8.07. The van der Waals surface area contributed by atoms with Crippen LogP contribution in [0.3, 0.4) is 0 Å². The number of aliphatic imine (C=N–C) groups is 1. The quantitative estimate of drug-likeness (QED) is 0.254. The molecule has 0 saturated heterocycles. The van der Waals surface area contributed by atoms with Crippen molar-refractivity contribution in [2.24, 2.45) is 4.99 Å². The van der Waals surface area contributed by atoms with Crippen LogP contribution in [0.25, 0.3) is 0 Å². The Labute approximate surface area is 172 Å². The lowest BCUT2D eigenvalue weighted by Gasteiger charge is -2.14. The van der Waals surface area contributed by atoms with Crippen LogP contribution in [-0.4, -0.2) is 49.8 Å². The van der Waals surface area contributed by atoms with Crippen LogP contribution in [0, 0.1) is 0 Å². The number of nitrogens with one attached hydrogen (secondary N) is 2. The molecular formula is C17H26IN5O2S. The molecule has 2 aromatic rings. The Balaban J connectivity index is 0.00000338. The van der Waals surface area contributed by atoms with Gasteiger partial charge in [-0.15, -0.1) is 24.0 Å². The van der Waals surface area contributed by atoms with Crippen LogP contribution < -0.4 is 10.6 Å². The van der Waals surface area contributed by atoms with Crippen molar-refractivity contribution in [1.82, 2.24) is 20.4 Å². The summed E-state index contributed by atoms with van der Waals surface area (Å²) >= 11 is 0. The standard InChI is InChI=1S/C17H25N5O2S.HI/c1-18-17(19-9-6-12-25(2,23)24)20-13-15-7-3-4-8-16(15)14-22-11-5-10-21-22;/h3-5,7-8,10-11H,6,9,12-14H2,1-2H3,(H2,18,19,20);1H. The minimum atomic E-state index is -2.92. The number of sulfone groups is 1. The summed E-state index contributed by atoms with van der Waals surface area (Å²) in [5.41, 5.74) is 2.35. The zero-order chi connectivity index (χ0) is 18.1. The summed E-state index contributed by atoms with van der Waals surface area (Å²) in [6.07, 6.45) is 5.50. The van der Waals surface area contributed by atoms with Gasteiger partial charge in [-0.25, -0.2) is 8.42 Å². The van der Waals surface area contributed by atoms with E-state index in [9.17, 15) is 8.42 Å². The van der Waals surface area contributed by atoms with Gasteiger partial charge in [-0.1, -0.05) is 24.3 Å². The first-order valence-corrected chi connectivity index (χ1v) is 10.2. The third-order valence-corrected chi connectivity index (χ3v) is 4.69. The lowest BCUT2D eigenvalue weighted by Crippen LogP contribution is -2.38. The maximum atomic E-state index is 11.1. The Bertz CT molecular complexity index is 791. The van der Waals surface area contributed by atoms with Crippen LogP contribution in [0.2, 0.25) is 0 Å². The van der Waals surface area contributed by atoms with Crippen molar-refractivity contribution >= 4 is 39.8 Å². The van der Waals surface area contributed by atoms with Crippen LogP contribution in [0.1, 0.15) is 17.5 Å². The van der Waals surface area contributed by atoms with E-state index in [1.165, 1.54) is 11.8 Å². The van der Waals surface area contributed by atoms with Crippen molar-refractivity contribution in [3.8, 4) is 0 Å². The second kappa shape index (κ2) is 11.2. The fourth-order valence-corrected chi connectivity index (χ4v) is 3.06. The lowest BCUT2D eigenvalue weighted by atomic mass is 10.1. The van der Waals surface area contributed by atoms with Crippen LogP contribution in [0.5, 0.6) is 0 Å². The average Bonchev–Trinajstić information content (AvgIpc) is 3.07. The molecule has 0 radical (unpaired) electrons. The fourth-order valence-electron chi connectivity index (χ4n) is 2.39. The van der Waals surface area contributed by atoms with Crippen molar-refractivity contribution < 1.29 is 8.42 Å². The molecule has 7 nitrogen and oxygen atoms in total. The minimum Gasteiger partial charge on any atom is -0.356 e. The molecule has 2 N–H and O–H groups in total. The van der Waals surface area contributed by atoms with Gasteiger partial charge < -0.3 is 10.6 Å². The first-order chi connectivity index (χ1) is 12.0. The number of aromatic nitrogens is 2. The van der Waals surface area contributed by atoms with Gasteiger partial charge in [-0.3, -0.25) is 9.67 Å². The molecule has 144 valence electrons. The van der Waals surface area contributed by atoms with Crippen molar-refractivity contribution in [1.29, 1.82) is 0 Å². The third kappa shape index (κ3) is 8.17. The van der Waals surface area contributed by atoms with Crippen molar-refractivity contribution in [2.45, 2.75) is 19.5 Å². The molecule has 0 aliphatic heterocycles. The maximum Gasteiger partial charge on any atom is 0.191 e. The van der Waals surface area contributed by atoms with Gasteiger partial charge >= 0.3 is 0 Å². The number of guanidine groups is 1. The molecule has 1 aromatic carbocycles. The smallest absolute Gasteiger partial charge is 0.191 e. The summed E-state index contributed by atoms with van der Waals surface area (Å²) in [7, 11) is -1.23. The Morgan fingerprint density at radius 3 is 2.54 bits per heavy atom. The third-order valence-electron chi connectivity index (χ3n) is 3.66. The Morgan fingerprint density at radius 1 is 1.19 bits per heavy atom. The van der Waals surface area contributed by atoms with E-state index in [1.54, 1.807) is 13.2 Å². The summed E-state index contributed by atoms with van der Waals surface area (Å²) in [4.78, 5) is 4.17. The predicted octanol–water partition coefficient (Wildman–Crippen LogP) is 1.65. The number of rotatable bonds is 8. The summed E-state index contributed by atoms with van der Waals surface area (Å²) < 4.78 is 24.2. The molecule has 0 bridgehead atoms. The Kier molecular flexibility index (Phi) is 9.63. The van der Waals surface area contributed by atoms with Gasteiger partial charge in [0.1, 0.15) is 9.84 Å². The highest BCUT2D eigenvalue weighted by Crippen LogP contribution is 2.10. The topological polar surface area (TPSA) is 88.4 Å². The van der Waals surface area contributed by atoms with Gasteiger partial charge in [0.15, 0.2) is 5.96 Å². The highest BCUT2D eigenvalue weighted by Gasteiger charge is 2.05. The highest BCUT2D eigenvalue weighted by atomic mass is 127. The number of halogens is 1. The minimum absolute atomic E-state index is 0. The Hall–Kier alpha value is -1.62. The molecule has 0 aliphatic carbocycles. The number of benzene rings is 1. The average molecular weight is 491 g/mol. The van der Waals surface area contributed by atoms with E-state index in [2.05, 4.69) is 32.9 Å². The zero-order valence-corrected chi connectivity index (χ0v) is 18.2. The van der Waals surface area contributed by atoms with E-state index in [0.717, 1.165) is 5.56 Å². The summed E-state index contributed by atoms with van der Waals surface area (Å²) in [6.45, 7) is 1.90. The SMILES string of the molecule is CN=C(NCCCS(C)(=O)=O)NCc1ccccc1Cn1cccn1.I. The van der Waals surface area contributed by atoms with Crippen molar-refractivity contribution in [2.75, 3.05) is 25.6 Å². The second-order valence-electron chi connectivity index (χ2n) is 5.81. The fraction of sp³-hybridized carbons (Fsp3) is 0.412. The molecule has 0 spiro atoms. The lowest BCUT2D eigenvalue weighted by molar-refractivity contribution is 0.598. The molecule has 0 amide bonds. The monoisotopic (exact) mass is 491 g/mol. The van der Waals surface area contributed by atoms with Gasteiger partial charge in [-0.2, -0.15) is 5.10 Å². The van der Waals surface area contributed by atoms with Gasteiger partial charge in [-0.05, 0) is 23.6 Å². The molecule has 1 aromatic heterocycles. The molecule has 26 heavy (non-hydrogen) atoms. The van der Waals surface area contributed by atoms with Crippen LogP contribution in [0.15, 0.2) is 47.7 Å². The van der Waals surface area contributed by atoms with E-state index in [0.29, 0.717) is 32.0 Å². The molecule has 1 heterocycles. The van der Waals surface area contributed by atoms with Gasteiger partial charge in [0.25, 0.3) is 0 Å². The van der Waals surface area contributed by atoms with Crippen LogP contribution in [-0.2, 0) is 22.9 Å². The van der Waals surface area contributed by atoms with E-state index < -0.39 is 9.84 Å². The predicted molar refractivity (Wildman–Crippen MR) is 116 cm³/mol. The van der Waals surface area contributed by atoms with E-state index in [1.807, 2.05) is 29.1 Å². The molecule has 0 aliphatic rings.